The molecule has 2 aromatic carbocycles. The van der Waals surface area contributed by atoms with Gasteiger partial charge < -0.3 is 24.7 Å². The van der Waals surface area contributed by atoms with Gasteiger partial charge in [0.2, 0.25) is 0 Å². The number of rotatable bonds is 7. The molecule has 2 aromatic rings. The van der Waals surface area contributed by atoms with E-state index < -0.39 is 0 Å². The minimum absolute atomic E-state index is 0.0132. The van der Waals surface area contributed by atoms with Crippen molar-refractivity contribution in [3.05, 3.63) is 71.8 Å². The molecule has 0 radical (unpaired) electrons. The zero-order chi connectivity index (χ0) is 26.5. The lowest BCUT2D eigenvalue weighted by molar-refractivity contribution is -0.270. The summed E-state index contributed by atoms with van der Waals surface area (Å²) in [5.41, 5.74) is 8.80. The normalized spacial score (nSPS) is 31.9. The Balaban J connectivity index is 0.00000109. The summed E-state index contributed by atoms with van der Waals surface area (Å²) >= 11 is 0. The van der Waals surface area contributed by atoms with Crippen LogP contribution in [0.3, 0.4) is 0 Å². The molecule has 8 atom stereocenters. The van der Waals surface area contributed by atoms with E-state index in [-0.39, 0.29) is 42.7 Å². The summed E-state index contributed by atoms with van der Waals surface area (Å²) in [5.74, 6) is 0.471. The molecule has 36 heavy (non-hydrogen) atoms. The van der Waals surface area contributed by atoms with Crippen molar-refractivity contribution in [2.45, 2.75) is 105 Å². The van der Waals surface area contributed by atoms with Gasteiger partial charge in [0.25, 0.3) is 0 Å². The zero-order valence-corrected chi connectivity index (χ0v) is 23.4. The molecule has 2 N–H and O–H groups in total. The second-order valence-corrected chi connectivity index (χ2v) is 9.36. The summed E-state index contributed by atoms with van der Waals surface area (Å²) in [6.07, 6.45) is 1.11. The molecular weight excluding hydrogens is 450 g/mol. The topological polar surface area (TPSA) is 62.9 Å². The van der Waals surface area contributed by atoms with Crippen LogP contribution in [-0.4, -0.2) is 43.4 Å². The molecule has 0 amide bonds. The van der Waals surface area contributed by atoms with Crippen molar-refractivity contribution in [1.82, 2.24) is 0 Å². The van der Waals surface area contributed by atoms with Gasteiger partial charge in [0.05, 0.1) is 37.6 Å². The van der Waals surface area contributed by atoms with E-state index >= 15 is 0 Å². The van der Waals surface area contributed by atoms with Crippen molar-refractivity contribution < 1.29 is 18.9 Å². The maximum Gasteiger partial charge on any atom is 0.159 e. The monoisotopic (exact) mass is 499 g/mol. The van der Waals surface area contributed by atoms with Crippen LogP contribution < -0.4 is 5.73 Å². The fourth-order valence-corrected chi connectivity index (χ4v) is 4.81. The van der Waals surface area contributed by atoms with Crippen LogP contribution in [0, 0.1) is 11.8 Å². The highest BCUT2D eigenvalue weighted by atomic mass is 16.7. The molecule has 5 heteroatoms. The first-order valence-corrected chi connectivity index (χ1v) is 13.9. The molecule has 0 spiro atoms. The van der Waals surface area contributed by atoms with Gasteiger partial charge in [0.1, 0.15) is 0 Å². The lowest BCUT2D eigenvalue weighted by atomic mass is 9.84. The summed E-state index contributed by atoms with van der Waals surface area (Å²) in [7, 11) is 0. The third-order valence-electron chi connectivity index (χ3n) is 7.06. The second-order valence-electron chi connectivity index (χ2n) is 9.36. The number of hydrogen-bond acceptors (Lipinski definition) is 5. The van der Waals surface area contributed by atoms with E-state index in [1.54, 1.807) is 0 Å². The van der Waals surface area contributed by atoms with Crippen molar-refractivity contribution in [1.29, 1.82) is 0 Å². The molecular formula is C31H49NO4. The highest BCUT2D eigenvalue weighted by Crippen LogP contribution is 2.33. The first kappa shape index (κ1) is 30.5. The highest BCUT2D eigenvalue weighted by molar-refractivity contribution is 5.17. The molecule has 2 aliphatic rings. The molecule has 2 saturated heterocycles. The van der Waals surface area contributed by atoms with Gasteiger partial charge in [-0.1, -0.05) is 95.3 Å². The Hall–Kier alpha value is -1.76. The van der Waals surface area contributed by atoms with E-state index in [1.807, 2.05) is 52.0 Å². The standard InChI is InChI=1S/C27H37NO4.2C2H6/c1-18-19(2)31-26(15-24(18)28)32-25-17-29-20(3)27(30-16-22-12-8-5-9-13-22)23(25)14-21-10-6-4-7-11-21;2*1-2/h4-13,18-20,23-27H,14-17,28H2,1-3H3;2*1-2H3. The average molecular weight is 500 g/mol. The number of ether oxygens (including phenoxy) is 4. The quantitative estimate of drug-likeness (QED) is 0.478. The Kier molecular flexibility index (Phi) is 13.7. The van der Waals surface area contributed by atoms with Crippen LogP contribution in [0.15, 0.2) is 60.7 Å². The SMILES string of the molecule is CC.CC.CC1OC(OC2COC(C)C(OCc3ccccc3)C2Cc2ccccc2)CC(N)C1C. The summed E-state index contributed by atoms with van der Waals surface area (Å²) in [6.45, 7) is 15.4. The fourth-order valence-electron chi connectivity index (χ4n) is 4.81. The zero-order valence-electron chi connectivity index (χ0n) is 23.4. The van der Waals surface area contributed by atoms with Gasteiger partial charge in [-0.25, -0.2) is 0 Å². The van der Waals surface area contributed by atoms with Gasteiger partial charge in [-0.15, -0.1) is 0 Å². The van der Waals surface area contributed by atoms with E-state index in [9.17, 15) is 0 Å². The minimum Gasteiger partial charge on any atom is -0.373 e. The van der Waals surface area contributed by atoms with Crippen LogP contribution in [0.1, 0.15) is 66.0 Å². The second kappa shape index (κ2) is 16.2. The van der Waals surface area contributed by atoms with E-state index in [0.717, 1.165) is 12.0 Å². The van der Waals surface area contributed by atoms with Gasteiger partial charge in [-0.3, -0.25) is 0 Å². The highest BCUT2D eigenvalue weighted by Gasteiger charge is 2.42. The first-order chi connectivity index (χ1) is 17.5. The molecule has 0 aliphatic carbocycles. The summed E-state index contributed by atoms with van der Waals surface area (Å²) in [6, 6.07) is 20.9. The van der Waals surface area contributed by atoms with Gasteiger partial charge in [-0.05, 0) is 37.3 Å². The number of nitrogens with two attached hydrogens (primary N) is 1. The maximum absolute atomic E-state index is 6.53. The Bertz CT molecular complexity index is 806. The maximum atomic E-state index is 6.53. The van der Waals surface area contributed by atoms with Crippen LogP contribution in [0.2, 0.25) is 0 Å². The van der Waals surface area contributed by atoms with Crippen LogP contribution in [0.25, 0.3) is 0 Å². The molecule has 5 nitrogen and oxygen atoms in total. The molecule has 2 heterocycles. The lowest BCUT2D eigenvalue weighted by Gasteiger charge is -2.44. The molecule has 2 aliphatic heterocycles. The van der Waals surface area contributed by atoms with Crippen molar-refractivity contribution in [2.75, 3.05) is 6.61 Å². The first-order valence-electron chi connectivity index (χ1n) is 13.9. The largest absolute Gasteiger partial charge is 0.373 e. The van der Waals surface area contributed by atoms with Gasteiger partial charge in [-0.2, -0.15) is 0 Å². The number of benzene rings is 2. The molecule has 202 valence electrons. The molecule has 0 bridgehead atoms. The predicted molar refractivity (Wildman–Crippen MR) is 148 cm³/mol. The Morgan fingerprint density at radius 2 is 1.42 bits per heavy atom. The third kappa shape index (κ3) is 8.67. The minimum atomic E-state index is -0.314. The Morgan fingerprint density at radius 3 is 2.00 bits per heavy atom. The van der Waals surface area contributed by atoms with Gasteiger partial charge >= 0.3 is 0 Å². The van der Waals surface area contributed by atoms with Gasteiger partial charge in [0.15, 0.2) is 6.29 Å². The third-order valence-corrected chi connectivity index (χ3v) is 7.06. The van der Waals surface area contributed by atoms with E-state index in [0.29, 0.717) is 25.6 Å². The van der Waals surface area contributed by atoms with Crippen molar-refractivity contribution in [3.8, 4) is 0 Å². The van der Waals surface area contributed by atoms with Gasteiger partial charge in [0, 0.05) is 18.4 Å². The summed E-state index contributed by atoms with van der Waals surface area (Å²) in [4.78, 5) is 0. The average Bonchev–Trinajstić information content (AvgIpc) is 2.92. The van der Waals surface area contributed by atoms with E-state index in [4.69, 9.17) is 24.7 Å². The Morgan fingerprint density at radius 1 is 0.833 bits per heavy atom. The molecule has 2 fully saturated rings. The predicted octanol–water partition coefficient (Wildman–Crippen LogP) is 6.39. The van der Waals surface area contributed by atoms with Crippen molar-refractivity contribution in [3.63, 3.8) is 0 Å². The lowest BCUT2D eigenvalue weighted by Crippen LogP contribution is -2.54. The van der Waals surface area contributed by atoms with Crippen LogP contribution >= 0.6 is 0 Å². The number of hydrogen-bond donors (Lipinski definition) is 1. The molecule has 8 unspecified atom stereocenters. The van der Waals surface area contributed by atoms with Crippen molar-refractivity contribution in [2.24, 2.45) is 17.6 Å². The van der Waals surface area contributed by atoms with Crippen molar-refractivity contribution >= 4 is 0 Å². The van der Waals surface area contributed by atoms with Crippen LogP contribution in [0.5, 0.6) is 0 Å². The summed E-state index contributed by atoms with van der Waals surface area (Å²) < 4.78 is 25.3. The molecule has 0 aromatic heterocycles. The van der Waals surface area contributed by atoms with Crippen LogP contribution in [-0.2, 0) is 32.0 Å². The van der Waals surface area contributed by atoms with E-state index in [1.165, 1.54) is 5.56 Å². The summed E-state index contributed by atoms with van der Waals surface area (Å²) in [5, 5.41) is 0. The fraction of sp³-hybridized carbons (Fsp3) is 0.613. The molecule has 4 rings (SSSR count). The smallest absolute Gasteiger partial charge is 0.159 e. The van der Waals surface area contributed by atoms with E-state index in [2.05, 4.69) is 57.2 Å². The Labute approximate surface area is 219 Å². The van der Waals surface area contributed by atoms with Crippen LogP contribution in [0.4, 0.5) is 0 Å². The molecule has 0 saturated carbocycles.